The van der Waals surface area contributed by atoms with Gasteiger partial charge in [-0.3, -0.25) is 19.1 Å². The first-order chi connectivity index (χ1) is 14.8. The van der Waals surface area contributed by atoms with E-state index in [9.17, 15) is 18.8 Å². The highest BCUT2D eigenvalue weighted by atomic mass is 32.2. The number of benzene rings is 1. The van der Waals surface area contributed by atoms with Crippen LogP contribution in [0.2, 0.25) is 0 Å². The topological polar surface area (TPSA) is 146 Å². The van der Waals surface area contributed by atoms with E-state index in [-0.39, 0.29) is 40.1 Å². The van der Waals surface area contributed by atoms with Crippen LogP contribution in [0.15, 0.2) is 43.5 Å². The molecule has 4 rings (SSSR count). The molecule has 3 N–H and O–H groups in total. The van der Waals surface area contributed by atoms with Gasteiger partial charge in [0.05, 0.1) is 5.75 Å². The molecule has 162 valence electrons. The molecule has 31 heavy (non-hydrogen) atoms. The number of hydrogen-bond donors (Lipinski definition) is 2. The van der Waals surface area contributed by atoms with Gasteiger partial charge in [0.25, 0.3) is 16.7 Å². The summed E-state index contributed by atoms with van der Waals surface area (Å²) in [5.74, 6) is -0.669. The van der Waals surface area contributed by atoms with Gasteiger partial charge in [0.1, 0.15) is 22.9 Å². The molecule has 1 aliphatic carbocycles. The summed E-state index contributed by atoms with van der Waals surface area (Å²) in [7, 11) is 0. The lowest BCUT2D eigenvalue weighted by Gasteiger charge is -2.10. The zero-order valence-electron chi connectivity index (χ0n) is 16.3. The number of carbonyl (C=O) groups excluding carboxylic acids is 1. The minimum Gasteiger partial charge on any atom is -0.481 e. The molecule has 12 heteroatoms. The summed E-state index contributed by atoms with van der Waals surface area (Å²) in [6.45, 7) is 1.68. The molecule has 0 bridgehead atoms. The van der Waals surface area contributed by atoms with E-state index in [1.54, 1.807) is 6.92 Å². The predicted octanol–water partition coefficient (Wildman–Crippen LogP) is 2.09. The number of thioether (sulfide) groups is 1. The number of ether oxygens (including phenoxy) is 1. The van der Waals surface area contributed by atoms with Gasteiger partial charge in [0.15, 0.2) is 11.9 Å². The number of nitrogen functional groups attached to an aromatic ring is 1. The Labute approximate surface area is 178 Å². The third-order valence-corrected chi connectivity index (χ3v) is 5.41. The highest BCUT2D eigenvalue weighted by Crippen LogP contribution is 2.35. The second kappa shape index (κ2) is 8.38. The van der Waals surface area contributed by atoms with E-state index in [0.717, 1.165) is 24.6 Å². The van der Waals surface area contributed by atoms with Gasteiger partial charge in [-0.1, -0.05) is 11.8 Å². The smallest absolute Gasteiger partial charge is 0.330 e. The number of ketones is 1. The van der Waals surface area contributed by atoms with Gasteiger partial charge < -0.3 is 14.9 Å². The van der Waals surface area contributed by atoms with Gasteiger partial charge in [-0.2, -0.15) is 0 Å². The molecule has 2 aromatic heterocycles. The molecule has 0 aliphatic heterocycles. The number of aromatic amines is 1. The number of nitrogens with one attached hydrogen (secondary N) is 1. The van der Waals surface area contributed by atoms with Crippen LogP contribution in [-0.2, 0) is 0 Å². The Bertz CT molecular complexity index is 1230. The van der Waals surface area contributed by atoms with Gasteiger partial charge >= 0.3 is 5.69 Å². The number of halogens is 1. The first-order valence-corrected chi connectivity index (χ1v) is 10.4. The zero-order chi connectivity index (χ0) is 22.1. The van der Waals surface area contributed by atoms with Crippen molar-refractivity contribution in [3.05, 3.63) is 62.4 Å². The van der Waals surface area contributed by atoms with Gasteiger partial charge in [-0.15, -0.1) is 10.2 Å². The standard InChI is InChI=1S/C19H18FN5O5S/c1-9(29-12-6-2-10(20)3-7-12)17-23-24-19(30-17)31-8-13(26)14-15(21)25(11-4-5-11)18(28)22-16(14)27/h2-3,6-7,9,11H,4-5,8,21H2,1H3,(H,22,27,28)/t9-/m0/s1. The second-order valence-electron chi connectivity index (χ2n) is 6.95. The number of hydrogen-bond acceptors (Lipinski definition) is 9. The summed E-state index contributed by atoms with van der Waals surface area (Å²) in [6.07, 6.45) is 0.923. The molecule has 0 radical (unpaired) electrons. The maximum Gasteiger partial charge on any atom is 0.330 e. The molecule has 1 aliphatic rings. The Balaban J connectivity index is 1.42. The van der Waals surface area contributed by atoms with Crippen molar-refractivity contribution < 1.29 is 18.3 Å². The molecule has 1 aromatic carbocycles. The van der Waals surface area contributed by atoms with Crippen LogP contribution in [0.3, 0.4) is 0 Å². The van der Waals surface area contributed by atoms with Crippen LogP contribution < -0.4 is 21.7 Å². The van der Waals surface area contributed by atoms with Gasteiger partial charge in [0.2, 0.25) is 0 Å². The number of nitrogens with zero attached hydrogens (tertiary/aromatic N) is 3. The Kier molecular flexibility index (Phi) is 5.63. The zero-order valence-corrected chi connectivity index (χ0v) is 17.1. The van der Waals surface area contributed by atoms with Gasteiger partial charge in [-0.05, 0) is 44.0 Å². The molecule has 0 saturated heterocycles. The van der Waals surface area contributed by atoms with Crippen molar-refractivity contribution in [2.45, 2.75) is 37.1 Å². The van der Waals surface area contributed by atoms with Gasteiger partial charge in [-0.25, -0.2) is 9.18 Å². The summed E-state index contributed by atoms with van der Waals surface area (Å²) in [6, 6.07) is 5.38. The maximum atomic E-state index is 13.0. The summed E-state index contributed by atoms with van der Waals surface area (Å²) in [4.78, 5) is 38.8. The number of rotatable bonds is 8. The molecule has 1 fully saturated rings. The number of nitrogens with two attached hydrogens (primary N) is 1. The van der Waals surface area contributed by atoms with Crippen molar-refractivity contribution in [2.24, 2.45) is 0 Å². The molecule has 0 spiro atoms. The van der Waals surface area contributed by atoms with Gasteiger partial charge in [0, 0.05) is 6.04 Å². The fourth-order valence-electron chi connectivity index (χ4n) is 2.94. The Morgan fingerprint density at radius 1 is 1.35 bits per heavy atom. The molecular weight excluding hydrogens is 429 g/mol. The first kappa shape index (κ1) is 20.8. The summed E-state index contributed by atoms with van der Waals surface area (Å²) in [5, 5.41) is 7.84. The highest BCUT2D eigenvalue weighted by molar-refractivity contribution is 7.99. The monoisotopic (exact) mass is 447 g/mol. The molecule has 2 heterocycles. The van der Waals surface area contributed by atoms with E-state index in [2.05, 4.69) is 15.2 Å². The fraction of sp³-hybridized carbons (Fsp3) is 0.316. The molecule has 0 unspecified atom stereocenters. The van der Waals surface area contributed by atoms with Crippen LogP contribution >= 0.6 is 11.8 Å². The van der Waals surface area contributed by atoms with E-state index in [1.165, 1.54) is 28.8 Å². The number of H-pyrrole nitrogens is 1. The van der Waals surface area contributed by atoms with Crippen LogP contribution in [-0.4, -0.2) is 31.3 Å². The normalized spacial score (nSPS) is 14.4. The maximum absolute atomic E-state index is 13.0. The Hall–Kier alpha value is -3.41. The number of aromatic nitrogens is 4. The third kappa shape index (κ3) is 4.53. The van der Waals surface area contributed by atoms with E-state index in [4.69, 9.17) is 14.9 Å². The average molecular weight is 447 g/mol. The van der Waals surface area contributed by atoms with Crippen LogP contribution in [0.25, 0.3) is 0 Å². The SMILES string of the molecule is C[C@H](Oc1ccc(F)cc1)c1nnc(SCC(=O)c2c(N)n(C3CC3)c(=O)[nH]c2=O)o1. The lowest BCUT2D eigenvalue weighted by Crippen LogP contribution is -2.36. The summed E-state index contributed by atoms with van der Waals surface area (Å²) < 4.78 is 25.3. The molecule has 1 saturated carbocycles. The van der Waals surface area contributed by atoms with Crippen LogP contribution in [0.5, 0.6) is 5.75 Å². The number of anilines is 1. The van der Waals surface area contributed by atoms with Crippen molar-refractivity contribution in [1.82, 2.24) is 19.7 Å². The second-order valence-corrected chi connectivity index (χ2v) is 7.88. The van der Waals surface area contributed by atoms with E-state index in [1.807, 2.05) is 0 Å². The van der Waals surface area contributed by atoms with E-state index >= 15 is 0 Å². The van der Waals surface area contributed by atoms with Crippen molar-refractivity contribution in [3.63, 3.8) is 0 Å². The van der Waals surface area contributed by atoms with Crippen molar-refractivity contribution >= 4 is 23.4 Å². The fourth-order valence-corrected chi connectivity index (χ4v) is 3.58. The van der Waals surface area contributed by atoms with E-state index in [0.29, 0.717) is 5.75 Å². The largest absolute Gasteiger partial charge is 0.481 e. The minimum atomic E-state index is -0.822. The Morgan fingerprint density at radius 3 is 2.74 bits per heavy atom. The third-order valence-electron chi connectivity index (χ3n) is 4.60. The molecule has 1 atom stereocenters. The van der Waals surface area contributed by atoms with Crippen molar-refractivity contribution in [1.29, 1.82) is 0 Å². The van der Waals surface area contributed by atoms with E-state index < -0.39 is 23.1 Å². The van der Waals surface area contributed by atoms with Crippen LogP contribution in [0.4, 0.5) is 10.2 Å². The summed E-state index contributed by atoms with van der Waals surface area (Å²) in [5.41, 5.74) is 4.24. The van der Waals surface area contributed by atoms with Crippen molar-refractivity contribution in [3.8, 4) is 5.75 Å². The van der Waals surface area contributed by atoms with Crippen molar-refractivity contribution in [2.75, 3.05) is 11.5 Å². The summed E-state index contributed by atoms with van der Waals surface area (Å²) >= 11 is 0.931. The predicted molar refractivity (Wildman–Crippen MR) is 109 cm³/mol. The number of Topliss-reactive ketones (excluding diaryl/α,β-unsaturated/α-hetero) is 1. The minimum absolute atomic E-state index is 0.0929. The van der Waals surface area contributed by atoms with Crippen LogP contribution in [0, 0.1) is 5.82 Å². The highest BCUT2D eigenvalue weighted by Gasteiger charge is 2.30. The molecule has 10 nitrogen and oxygen atoms in total. The lowest BCUT2D eigenvalue weighted by molar-refractivity contribution is 0.102. The molecule has 0 amide bonds. The lowest BCUT2D eigenvalue weighted by atomic mass is 10.2. The first-order valence-electron chi connectivity index (χ1n) is 9.39. The molecule has 3 aromatic rings. The quantitative estimate of drug-likeness (QED) is 0.391. The number of carbonyl (C=O) groups is 1. The van der Waals surface area contributed by atoms with Crippen LogP contribution in [0.1, 0.15) is 48.2 Å². The average Bonchev–Trinajstić information content (AvgIpc) is 3.43. The molecular formula is C19H18FN5O5S. The Morgan fingerprint density at radius 2 is 2.06 bits per heavy atom.